The van der Waals surface area contributed by atoms with Crippen molar-refractivity contribution in [3.63, 3.8) is 0 Å². The summed E-state index contributed by atoms with van der Waals surface area (Å²) < 4.78 is 0. The van der Waals surface area contributed by atoms with E-state index >= 15 is 0 Å². The minimum atomic E-state index is -0.586. The largest absolute Gasteiger partial charge is 0.371 e. The monoisotopic (exact) mass is 306 g/mol. The summed E-state index contributed by atoms with van der Waals surface area (Å²) in [4.78, 5) is 33.6. The molecule has 0 bridgehead atoms. The van der Waals surface area contributed by atoms with Gasteiger partial charge in [0.1, 0.15) is 5.69 Å². The lowest BCUT2D eigenvalue weighted by Crippen LogP contribution is -2.31. The van der Waals surface area contributed by atoms with Gasteiger partial charge < -0.3 is 16.0 Å². The van der Waals surface area contributed by atoms with Crippen molar-refractivity contribution in [1.82, 2.24) is 10.6 Å². The van der Waals surface area contributed by atoms with E-state index < -0.39 is 10.8 Å². The quantitative estimate of drug-likeness (QED) is 0.511. The molecule has 0 saturated heterocycles. The van der Waals surface area contributed by atoms with Crippen LogP contribution in [0.5, 0.6) is 0 Å². The molecule has 2 rings (SSSR count). The third-order valence-electron chi connectivity index (χ3n) is 3.41. The van der Waals surface area contributed by atoms with Gasteiger partial charge in [0.15, 0.2) is 0 Å². The Morgan fingerprint density at radius 3 is 2.68 bits per heavy atom. The highest BCUT2D eigenvalue weighted by atomic mass is 16.6. The number of nitro benzene ring substituents is 1. The van der Waals surface area contributed by atoms with Crippen molar-refractivity contribution in [3.8, 4) is 0 Å². The molecule has 0 unspecified atom stereocenters. The maximum atomic E-state index is 11.6. The van der Waals surface area contributed by atoms with E-state index in [0.717, 1.165) is 12.8 Å². The van der Waals surface area contributed by atoms with Crippen LogP contribution in [0.3, 0.4) is 0 Å². The number of rotatable bonds is 7. The number of nitrogens with one attached hydrogen (secondary N) is 3. The Morgan fingerprint density at radius 2 is 2.09 bits per heavy atom. The van der Waals surface area contributed by atoms with Gasteiger partial charge in [-0.2, -0.15) is 0 Å². The molecule has 0 aromatic heterocycles. The van der Waals surface area contributed by atoms with Gasteiger partial charge in [-0.25, -0.2) is 0 Å². The van der Waals surface area contributed by atoms with Crippen LogP contribution in [0.4, 0.5) is 11.4 Å². The second kappa shape index (κ2) is 6.88. The third-order valence-corrected chi connectivity index (χ3v) is 3.41. The lowest BCUT2D eigenvalue weighted by atomic mass is 10.1. The van der Waals surface area contributed by atoms with Crippen LogP contribution in [0.25, 0.3) is 0 Å². The lowest BCUT2D eigenvalue weighted by Gasteiger charge is -2.09. The van der Waals surface area contributed by atoms with Gasteiger partial charge in [0.05, 0.1) is 11.5 Å². The Kier molecular flexibility index (Phi) is 4.92. The number of benzene rings is 1. The highest BCUT2D eigenvalue weighted by molar-refractivity contribution is 5.95. The van der Waals surface area contributed by atoms with Crippen LogP contribution in [0.15, 0.2) is 18.2 Å². The predicted molar refractivity (Wildman–Crippen MR) is 80.7 cm³/mol. The summed E-state index contributed by atoms with van der Waals surface area (Å²) in [5.74, 6) is -0.0430. The first kappa shape index (κ1) is 15.7. The number of anilines is 1. The van der Waals surface area contributed by atoms with Crippen molar-refractivity contribution in [2.75, 3.05) is 25.5 Å². The molecule has 0 aliphatic heterocycles. The molecule has 0 spiro atoms. The topological polar surface area (TPSA) is 113 Å². The molecular weight excluding hydrogens is 288 g/mol. The fourth-order valence-corrected chi connectivity index (χ4v) is 1.94. The number of hydrogen-bond donors (Lipinski definition) is 3. The maximum Gasteiger partial charge on any atom is 0.293 e. The van der Waals surface area contributed by atoms with Gasteiger partial charge in [0.25, 0.3) is 11.6 Å². The van der Waals surface area contributed by atoms with Crippen LogP contribution in [0.2, 0.25) is 0 Å². The van der Waals surface area contributed by atoms with Crippen LogP contribution >= 0.6 is 0 Å². The molecule has 1 aromatic carbocycles. The summed E-state index contributed by atoms with van der Waals surface area (Å²) >= 11 is 0. The Labute approximate surface area is 127 Å². The molecule has 0 atom stereocenters. The molecule has 0 heterocycles. The van der Waals surface area contributed by atoms with Crippen LogP contribution in [0.1, 0.15) is 23.2 Å². The van der Waals surface area contributed by atoms with Crippen LogP contribution in [0, 0.1) is 16.0 Å². The van der Waals surface area contributed by atoms with E-state index in [1.54, 1.807) is 0 Å². The van der Waals surface area contributed by atoms with Gasteiger partial charge in [-0.1, -0.05) is 0 Å². The Morgan fingerprint density at radius 1 is 1.36 bits per heavy atom. The van der Waals surface area contributed by atoms with Gasteiger partial charge in [-0.3, -0.25) is 19.7 Å². The molecule has 8 nitrogen and oxygen atoms in total. The van der Waals surface area contributed by atoms with E-state index in [1.807, 2.05) is 0 Å². The molecule has 2 amide bonds. The first-order valence-electron chi connectivity index (χ1n) is 7.02. The van der Waals surface area contributed by atoms with Crippen LogP contribution in [-0.4, -0.2) is 36.9 Å². The van der Waals surface area contributed by atoms with Crippen molar-refractivity contribution < 1.29 is 14.5 Å². The molecule has 3 N–H and O–H groups in total. The molecule has 1 aliphatic carbocycles. The molecule has 22 heavy (non-hydrogen) atoms. The molecule has 1 aliphatic rings. The summed E-state index contributed by atoms with van der Waals surface area (Å²) in [6, 6.07) is 4.08. The van der Waals surface area contributed by atoms with E-state index in [4.69, 9.17) is 0 Å². The van der Waals surface area contributed by atoms with E-state index in [9.17, 15) is 19.7 Å². The Balaban J connectivity index is 2.00. The number of carbonyl (C=O) groups excluding carboxylic acids is 2. The summed E-state index contributed by atoms with van der Waals surface area (Å²) in [6.45, 7) is 0.602. The van der Waals surface area contributed by atoms with Gasteiger partial charge in [-0.05, 0) is 30.9 Å². The maximum absolute atomic E-state index is 11.6. The SMILES string of the molecule is CNC(=O)c1ccc(NCC(=O)NCC2CC2)c([N+](=O)[O-])c1. The fourth-order valence-electron chi connectivity index (χ4n) is 1.94. The molecule has 1 saturated carbocycles. The highest BCUT2D eigenvalue weighted by Crippen LogP contribution is 2.27. The summed E-state index contributed by atoms with van der Waals surface area (Å²) in [5, 5.41) is 19.0. The normalized spacial score (nSPS) is 13.3. The van der Waals surface area contributed by atoms with Crippen molar-refractivity contribution >= 4 is 23.2 Å². The van der Waals surface area contributed by atoms with Gasteiger partial charge in [-0.15, -0.1) is 0 Å². The highest BCUT2D eigenvalue weighted by Gasteiger charge is 2.22. The summed E-state index contributed by atoms with van der Waals surface area (Å²) in [5.41, 5.74) is 0.160. The number of hydrogen-bond acceptors (Lipinski definition) is 5. The second-order valence-corrected chi connectivity index (χ2v) is 5.17. The minimum absolute atomic E-state index is 0.0487. The smallest absolute Gasteiger partial charge is 0.293 e. The number of carbonyl (C=O) groups is 2. The Bertz CT molecular complexity index is 599. The minimum Gasteiger partial charge on any atom is -0.371 e. The number of nitrogens with zero attached hydrogens (tertiary/aromatic N) is 1. The van der Waals surface area contributed by atoms with E-state index in [1.165, 1.54) is 25.2 Å². The second-order valence-electron chi connectivity index (χ2n) is 5.17. The van der Waals surface area contributed by atoms with E-state index in [-0.39, 0.29) is 29.4 Å². The molecule has 1 aromatic rings. The Hall–Kier alpha value is -2.64. The molecule has 0 radical (unpaired) electrons. The van der Waals surface area contributed by atoms with Crippen LogP contribution in [-0.2, 0) is 4.79 Å². The standard InChI is InChI=1S/C14H18N4O4/c1-15-14(20)10-4-5-11(12(6-10)18(21)22)16-8-13(19)17-7-9-2-3-9/h4-6,9,16H,2-3,7-8H2,1H3,(H,15,20)(H,17,19). The van der Waals surface area contributed by atoms with Crippen molar-refractivity contribution in [2.45, 2.75) is 12.8 Å². The zero-order valence-corrected chi connectivity index (χ0v) is 12.2. The average Bonchev–Trinajstić information content (AvgIpc) is 3.34. The first-order chi connectivity index (χ1) is 10.5. The third kappa shape index (κ3) is 4.18. The molecule has 118 valence electrons. The molecule has 8 heteroatoms. The van der Waals surface area contributed by atoms with Gasteiger partial charge >= 0.3 is 0 Å². The van der Waals surface area contributed by atoms with E-state index in [2.05, 4.69) is 16.0 Å². The zero-order valence-electron chi connectivity index (χ0n) is 12.2. The molecular formula is C14H18N4O4. The van der Waals surface area contributed by atoms with Crippen molar-refractivity contribution in [1.29, 1.82) is 0 Å². The predicted octanol–water partition coefficient (Wildman–Crippen LogP) is 0.892. The fraction of sp³-hybridized carbons (Fsp3) is 0.429. The summed E-state index contributed by atoms with van der Waals surface area (Å²) in [7, 11) is 1.45. The van der Waals surface area contributed by atoms with Gasteiger partial charge in [0.2, 0.25) is 5.91 Å². The first-order valence-corrected chi connectivity index (χ1v) is 7.02. The van der Waals surface area contributed by atoms with Crippen molar-refractivity contribution in [2.24, 2.45) is 5.92 Å². The van der Waals surface area contributed by atoms with E-state index in [0.29, 0.717) is 12.5 Å². The van der Waals surface area contributed by atoms with Crippen molar-refractivity contribution in [3.05, 3.63) is 33.9 Å². The number of amides is 2. The average molecular weight is 306 g/mol. The van der Waals surface area contributed by atoms with Gasteiger partial charge in [0, 0.05) is 25.2 Å². The lowest BCUT2D eigenvalue weighted by molar-refractivity contribution is -0.384. The summed E-state index contributed by atoms with van der Waals surface area (Å²) in [6.07, 6.45) is 2.28. The van der Waals surface area contributed by atoms with Crippen LogP contribution < -0.4 is 16.0 Å². The zero-order chi connectivity index (χ0) is 16.1. The number of nitro groups is 1. The molecule has 1 fully saturated rings.